The van der Waals surface area contributed by atoms with E-state index in [0.29, 0.717) is 19.1 Å². The van der Waals surface area contributed by atoms with Gasteiger partial charge in [0, 0.05) is 13.1 Å². The predicted molar refractivity (Wildman–Crippen MR) is 89.9 cm³/mol. The Morgan fingerprint density at radius 3 is 3.00 bits per heavy atom. The third-order valence-corrected chi connectivity index (χ3v) is 5.15. The van der Waals surface area contributed by atoms with E-state index >= 15 is 0 Å². The van der Waals surface area contributed by atoms with Crippen molar-refractivity contribution >= 4 is 12.0 Å². The quantitative estimate of drug-likeness (QED) is 0.845. The maximum absolute atomic E-state index is 12.2. The molecule has 2 amide bonds. The average Bonchev–Trinajstić information content (AvgIpc) is 3.00. The van der Waals surface area contributed by atoms with Crippen molar-refractivity contribution in [2.45, 2.75) is 50.9 Å². The van der Waals surface area contributed by atoms with Crippen LogP contribution < -0.4 is 5.32 Å². The van der Waals surface area contributed by atoms with E-state index in [4.69, 9.17) is 9.47 Å². The molecule has 4 rings (SSSR count). The maximum Gasteiger partial charge on any atom is 0.414 e. The molecule has 1 unspecified atom stereocenters. The van der Waals surface area contributed by atoms with Crippen LogP contribution >= 0.6 is 0 Å². The predicted octanol–water partition coefficient (Wildman–Crippen LogP) is 1.84. The normalized spacial score (nSPS) is 30.6. The number of cyclic esters (lactones) is 1. The number of nitrogens with zero attached hydrogens (tertiary/aromatic N) is 2. The molecule has 134 valence electrons. The van der Waals surface area contributed by atoms with Gasteiger partial charge < -0.3 is 19.7 Å². The Kier molecular flexibility index (Phi) is 4.15. The molecule has 3 aliphatic heterocycles. The Morgan fingerprint density at radius 2 is 2.16 bits per heavy atom. The van der Waals surface area contributed by atoms with Gasteiger partial charge in [-0.1, -0.05) is 6.42 Å². The van der Waals surface area contributed by atoms with E-state index in [1.54, 1.807) is 11.2 Å². The molecule has 1 aliphatic carbocycles. The van der Waals surface area contributed by atoms with Crippen molar-refractivity contribution in [3.05, 3.63) is 36.0 Å². The van der Waals surface area contributed by atoms with Gasteiger partial charge in [-0.2, -0.15) is 0 Å². The van der Waals surface area contributed by atoms with Crippen molar-refractivity contribution in [1.82, 2.24) is 15.1 Å². The first-order valence-electron chi connectivity index (χ1n) is 8.88. The molecule has 1 saturated carbocycles. The standard InChI is InChI=1S/C18H23N3O4/c1-12(22)19-9-15-10-21(18(23)25-15)13-6-7-20-14(8-13)11-24-17-5-3-2-4-16(17)20/h6-8,11,15-17H,2-5,9-10H2,1H3,(H,19,22)/t15-,16?,17-/m0/s1. The number of hydrogen-bond donors (Lipinski definition) is 1. The molecule has 0 bridgehead atoms. The molecule has 1 N–H and O–H groups in total. The lowest BCUT2D eigenvalue weighted by molar-refractivity contribution is -0.119. The fourth-order valence-corrected chi connectivity index (χ4v) is 3.89. The molecule has 0 spiro atoms. The van der Waals surface area contributed by atoms with Gasteiger partial charge in [-0.15, -0.1) is 0 Å². The molecular weight excluding hydrogens is 322 g/mol. The molecule has 3 atom stereocenters. The number of fused-ring (bicyclic) bond motifs is 3. The van der Waals surface area contributed by atoms with Crippen LogP contribution in [0.3, 0.4) is 0 Å². The number of allylic oxidation sites excluding steroid dienone is 2. The molecule has 3 heterocycles. The van der Waals surface area contributed by atoms with Crippen molar-refractivity contribution in [3.8, 4) is 0 Å². The molecule has 0 aromatic heterocycles. The Bertz CT molecular complexity index is 669. The van der Waals surface area contributed by atoms with Crippen LogP contribution in [-0.2, 0) is 14.3 Å². The summed E-state index contributed by atoms with van der Waals surface area (Å²) in [6.07, 6.45) is 12.0. The lowest BCUT2D eigenvalue weighted by Gasteiger charge is -2.43. The SMILES string of the molecule is CC(=O)NC[C@H]1CN(C2=CC3=CO[C@H]4CCCCC4N3C=C2)C(=O)O1. The van der Waals surface area contributed by atoms with Crippen LogP contribution in [0.25, 0.3) is 0 Å². The van der Waals surface area contributed by atoms with Crippen molar-refractivity contribution in [3.63, 3.8) is 0 Å². The summed E-state index contributed by atoms with van der Waals surface area (Å²) >= 11 is 0. The van der Waals surface area contributed by atoms with Gasteiger partial charge in [0.2, 0.25) is 5.91 Å². The minimum Gasteiger partial charge on any atom is -0.494 e. The van der Waals surface area contributed by atoms with E-state index in [9.17, 15) is 9.59 Å². The van der Waals surface area contributed by atoms with Gasteiger partial charge in [0.05, 0.1) is 30.5 Å². The topological polar surface area (TPSA) is 71.1 Å². The number of carbonyl (C=O) groups is 2. The zero-order valence-electron chi connectivity index (χ0n) is 14.3. The summed E-state index contributed by atoms with van der Waals surface area (Å²) in [4.78, 5) is 27.1. The molecule has 0 radical (unpaired) electrons. The third kappa shape index (κ3) is 3.10. The number of carbonyl (C=O) groups excluding carboxylic acids is 2. The Morgan fingerprint density at radius 1 is 1.32 bits per heavy atom. The maximum atomic E-state index is 12.2. The number of rotatable bonds is 3. The smallest absolute Gasteiger partial charge is 0.414 e. The zero-order valence-corrected chi connectivity index (χ0v) is 14.3. The molecule has 4 aliphatic rings. The van der Waals surface area contributed by atoms with Gasteiger partial charge in [-0.3, -0.25) is 9.69 Å². The highest BCUT2D eigenvalue weighted by molar-refractivity contribution is 5.74. The van der Waals surface area contributed by atoms with Crippen LogP contribution in [0.15, 0.2) is 36.0 Å². The van der Waals surface area contributed by atoms with Gasteiger partial charge in [-0.05, 0) is 31.4 Å². The van der Waals surface area contributed by atoms with E-state index in [2.05, 4.69) is 10.2 Å². The summed E-state index contributed by atoms with van der Waals surface area (Å²) in [6.45, 7) is 2.20. The largest absolute Gasteiger partial charge is 0.494 e. The number of ether oxygens (including phenoxy) is 2. The first-order valence-corrected chi connectivity index (χ1v) is 8.88. The minimum absolute atomic E-state index is 0.131. The summed E-state index contributed by atoms with van der Waals surface area (Å²) < 4.78 is 11.2. The second-order valence-corrected chi connectivity index (χ2v) is 6.91. The summed E-state index contributed by atoms with van der Waals surface area (Å²) in [5.74, 6) is -0.131. The second kappa shape index (κ2) is 6.46. The lowest BCUT2D eigenvalue weighted by Crippen LogP contribution is -2.46. The molecule has 0 aromatic rings. The van der Waals surface area contributed by atoms with Gasteiger partial charge in [0.15, 0.2) is 0 Å². The zero-order chi connectivity index (χ0) is 17.4. The van der Waals surface area contributed by atoms with Gasteiger partial charge >= 0.3 is 6.09 Å². The fourth-order valence-electron chi connectivity index (χ4n) is 3.89. The van der Waals surface area contributed by atoms with E-state index in [1.807, 2.05) is 18.4 Å². The van der Waals surface area contributed by atoms with Crippen molar-refractivity contribution in [1.29, 1.82) is 0 Å². The van der Waals surface area contributed by atoms with Crippen LogP contribution in [0.1, 0.15) is 32.6 Å². The van der Waals surface area contributed by atoms with Crippen LogP contribution in [0, 0.1) is 0 Å². The highest BCUT2D eigenvalue weighted by Crippen LogP contribution is 2.35. The molecule has 25 heavy (non-hydrogen) atoms. The van der Waals surface area contributed by atoms with E-state index in [0.717, 1.165) is 24.2 Å². The summed E-state index contributed by atoms with van der Waals surface area (Å²) in [7, 11) is 0. The van der Waals surface area contributed by atoms with Crippen molar-refractivity contribution in [2.75, 3.05) is 13.1 Å². The molecular formula is C18H23N3O4. The number of nitrogens with one attached hydrogen (secondary N) is 1. The number of amides is 2. The fraction of sp³-hybridized carbons (Fsp3) is 0.556. The highest BCUT2D eigenvalue weighted by Gasteiger charge is 2.38. The van der Waals surface area contributed by atoms with Crippen molar-refractivity contribution in [2.24, 2.45) is 0 Å². The van der Waals surface area contributed by atoms with E-state index < -0.39 is 0 Å². The highest BCUT2D eigenvalue weighted by atomic mass is 16.6. The molecule has 2 fully saturated rings. The summed E-state index contributed by atoms with van der Waals surface area (Å²) in [5.41, 5.74) is 1.76. The number of hydrogen-bond acceptors (Lipinski definition) is 5. The summed E-state index contributed by atoms with van der Waals surface area (Å²) in [6, 6.07) is 0.376. The van der Waals surface area contributed by atoms with E-state index in [1.165, 1.54) is 19.8 Å². The Hall–Kier alpha value is -2.44. The Labute approximate surface area is 146 Å². The van der Waals surface area contributed by atoms with Crippen LogP contribution in [0.2, 0.25) is 0 Å². The first-order chi connectivity index (χ1) is 12.1. The van der Waals surface area contributed by atoms with Crippen LogP contribution in [-0.4, -0.2) is 53.1 Å². The molecule has 0 aromatic carbocycles. The third-order valence-electron chi connectivity index (χ3n) is 5.15. The van der Waals surface area contributed by atoms with Crippen molar-refractivity contribution < 1.29 is 19.1 Å². The van der Waals surface area contributed by atoms with Gasteiger partial charge in [0.1, 0.15) is 18.5 Å². The second-order valence-electron chi connectivity index (χ2n) is 6.91. The average molecular weight is 345 g/mol. The summed E-state index contributed by atoms with van der Waals surface area (Å²) in [5, 5.41) is 2.69. The lowest BCUT2D eigenvalue weighted by atomic mass is 9.89. The van der Waals surface area contributed by atoms with Gasteiger partial charge in [-0.25, -0.2) is 4.79 Å². The first kappa shape index (κ1) is 16.1. The monoisotopic (exact) mass is 345 g/mol. The van der Waals surface area contributed by atoms with Crippen LogP contribution in [0.5, 0.6) is 0 Å². The Balaban J connectivity index is 1.47. The minimum atomic E-state index is -0.382. The van der Waals surface area contributed by atoms with E-state index in [-0.39, 0.29) is 24.2 Å². The molecule has 7 heteroatoms. The molecule has 1 saturated heterocycles. The van der Waals surface area contributed by atoms with Gasteiger partial charge in [0.25, 0.3) is 0 Å². The van der Waals surface area contributed by atoms with Crippen LogP contribution in [0.4, 0.5) is 4.79 Å². The molecule has 7 nitrogen and oxygen atoms in total.